The standard InChI is InChI=1S/C20H34/c1-6-20(17(4)5)12-8-11-19(15-16(2)3)10-7-9-18-13-14-18/h6,13-14,17-19H,2,7-12,15H2,1,3-5H3. The maximum absolute atomic E-state index is 4.11. The van der Waals surface area contributed by atoms with Crippen LogP contribution in [0.15, 0.2) is 36.0 Å². The number of rotatable bonds is 11. The lowest BCUT2D eigenvalue weighted by Crippen LogP contribution is -2.03. The van der Waals surface area contributed by atoms with Crippen molar-refractivity contribution in [3.8, 4) is 0 Å². The third-order valence-corrected chi connectivity index (χ3v) is 4.44. The molecule has 1 rings (SSSR count). The Morgan fingerprint density at radius 2 is 1.85 bits per heavy atom. The molecule has 0 aromatic heterocycles. The second-order valence-electron chi connectivity index (χ2n) is 6.92. The van der Waals surface area contributed by atoms with Gasteiger partial charge in [0.15, 0.2) is 0 Å². The highest BCUT2D eigenvalue weighted by Gasteiger charge is 2.14. The maximum Gasteiger partial charge on any atom is -0.00531 e. The van der Waals surface area contributed by atoms with Crippen molar-refractivity contribution in [2.24, 2.45) is 17.8 Å². The van der Waals surface area contributed by atoms with Gasteiger partial charge in [0, 0.05) is 0 Å². The van der Waals surface area contributed by atoms with Crippen LogP contribution in [0.25, 0.3) is 0 Å². The highest BCUT2D eigenvalue weighted by atomic mass is 14.2. The molecule has 20 heavy (non-hydrogen) atoms. The Morgan fingerprint density at radius 1 is 1.20 bits per heavy atom. The summed E-state index contributed by atoms with van der Waals surface area (Å²) in [6.07, 6.45) is 16.3. The van der Waals surface area contributed by atoms with Crippen molar-refractivity contribution in [3.05, 3.63) is 36.0 Å². The second-order valence-corrected chi connectivity index (χ2v) is 6.92. The molecule has 1 atom stereocenters. The molecule has 0 nitrogen and oxygen atoms in total. The van der Waals surface area contributed by atoms with Crippen molar-refractivity contribution in [2.45, 2.75) is 72.6 Å². The van der Waals surface area contributed by atoms with Gasteiger partial charge >= 0.3 is 0 Å². The van der Waals surface area contributed by atoms with Gasteiger partial charge in [-0.05, 0) is 63.7 Å². The van der Waals surface area contributed by atoms with E-state index in [4.69, 9.17) is 0 Å². The quantitative estimate of drug-likeness (QED) is 0.368. The highest BCUT2D eigenvalue weighted by Crippen LogP contribution is 2.29. The minimum absolute atomic E-state index is 0.709. The molecule has 1 unspecified atom stereocenters. The van der Waals surface area contributed by atoms with E-state index < -0.39 is 0 Å². The number of hydrogen-bond donors (Lipinski definition) is 0. The van der Waals surface area contributed by atoms with Crippen LogP contribution in [0, 0.1) is 17.8 Å². The monoisotopic (exact) mass is 274 g/mol. The smallest absolute Gasteiger partial charge is 0.00531 e. The van der Waals surface area contributed by atoms with Gasteiger partial charge in [0.05, 0.1) is 0 Å². The summed E-state index contributed by atoms with van der Waals surface area (Å²) in [5.74, 6) is 2.41. The molecule has 0 N–H and O–H groups in total. The van der Waals surface area contributed by atoms with Crippen LogP contribution >= 0.6 is 0 Å². The predicted octanol–water partition coefficient (Wildman–Crippen LogP) is 6.70. The fourth-order valence-corrected chi connectivity index (χ4v) is 3.12. The van der Waals surface area contributed by atoms with Crippen LogP contribution in [0.5, 0.6) is 0 Å². The summed E-state index contributed by atoms with van der Waals surface area (Å²) in [7, 11) is 0. The molecule has 1 aliphatic carbocycles. The van der Waals surface area contributed by atoms with Crippen LogP contribution in [-0.2, 0) is 0 Å². The molecule has 0 bridgehead atoms. The van der Waals surface area contributed by atoms with E-state index in [1.807, 2.05) is 0 Å². The minimum atomic E-state index is 0.709. The molecule has 0 aliphatic heterocycles. The van der Waals surface area contributed by atoms with Gasteiger partial charge in [-0.1, -0.05) is 56.1 Å². The highest BCUT2D eigenvalue weighted by molar-refractivity contribution is 5.12. The summed E-state index contributed by atoms with van der Waals surface area (Å²) in [5.41, 5.74) is 2.98. The van der Waals surface area contributed by atoms with E-state index in [-0.39, 0.29) is 0 Å². The van der Waals surface area contributed by atoms with Crippen molar-refractivity contribution in [1.29, 1.82) is 0 Å². The van der Waals surface area contributed by atoms with Crippen LogP contribution in [0.1, 0.15) is 72.6 Å². The molecule has 0 spiro atoms. The van der Waals surface area contributed by atoms with Gasteiger partial charge in [-0.15, -0.1) is 6.58 Å². The van der Waals surface area contributed by atoms with Crippen molar-refractivity contribution >= 4 is 0 Å². The van der Waals surface area contributed by atoms with E-state index in [2.05, 4.69) is 52.5 Å². The lowest BCUT2D eigenvalue weighted by atomic mass is 9.88. The van der Waals surface area contributed by atoms with Crippen LogP contribution in [0.4, 0.5) is 0 Å². The zero-order valence-electron chi connectivity index (χ0n) is 14.1. The third kappa shape index (κ3) is 7.72. The van der Waals surface area contributed by atoms with Crippen LogP contribution in [0.3, 0.4) is 0 Å². The molecule has 1 aliphatic rings. The molecular weight excluding hydrogens is 240 g/mol. The normalized spacial score (nSPS) is 16.8. The zero-order valence-corrected chi connectivity index (χ0v) is 14.1. The molecule has 0 heterocycles. The van der Waals surface area contributed by atoms with Crippen LogP contribution in [-0.4, -0.2) is 0 Å². The molecule has 114 valence electrons. The lowest BCUT2D eigenvalue weighted by Gasteiger charge is -2.18. The van der Waals surface area contributed by atoms with Crippen molar-refractivity contribution in [3.63, 3.8) is 0 Å². The molecule has 0 heteroatoms. The van der Waals surface area contributed by atoms with E-state index in [1.54, 1.807) is 5.57 Å². The summed E-state index contributed by atoms with van der Waals surface area (Å²) in [5, 5.41) is 0. The first-order valence-electron chi connectivity index (χ1n) is 8.50. The Morgan fingerprint density at radius 3 is 2.35 bits per heavy atom. The van der Waals surface area contributed by atoms with E-state index in [1.165, 1.54) is 50.5 Å². The Balaban J connectivity index is 2.25. The molecular formula is C20H34. The second kappa shape index (κ2) is 9.21. The van der Waals surface area contributed by atoms with Crippen LogP contribution < -0.4 is 0 Å². The molecule has 0 saturated carbocycles. The summed E-state index contributed by atoms with van der Waals surface area (Å²) in [6, 6.07) is 0. The van der Waals surface area contributed by atoms with E-state index in [0.717, 1.165) is 11.8 Å². The fourth-order valence-electron chi connectivity index (χ4n) is 3.12. The van der Waals surface area contributed by atoms with Gasteiger partial charge in [-0.3, -0.25) is 0 Å². The Labute approximate surface area is 127 Å². The van der Waals surface area contributed by atoms with E-state index in [0.29, 0.717) is 5.92 Å². The average Bonchev–Trinajstić information content (AvgIpc) is 3.17. The first-order chi connectivity index (χ1) is 9.52. The van der Waals surface area contributed by atoms with Gasteiger partial charge in [0.25, 0.3) is 0 Å². The Bertz CT molecular complexity index is 337. The van der Waals surface area contributed by atoms with Gasteiger partial charge in [-0.25, -0.2) is 0 Å². The summed E-state index contributed by atoms with van der Waals surface area (Å²) >= 11 is 0. The van der Waals surface area contributed by atoms with Gasteiger partial charge < -0.3 is 0 Å². The molecule has 0 amide bonds. The predicted molar refractivity (Wildman–Crippen MR) is 91.8 cm³/mol. The SMILES string of the molecule is C=C(C)CC(CCCC(=CC)C(C)C)CCCC1C=C1. The largest absolute Gasteiger partial charge is 0.100 e. The maximum atomic E-state index is 4.11. The lowest BCUT2D eigenvalue weighted by molar-refractivity contribution is 0.409. The fraction of sp³-hybridized carbons (Fsp3) is 0.700. The average molecular weight is 274 g/mol. The summed E-state index contributed by atoms with van der Waals surface area (Å²) in [4.78, 5) is 0. The Kier molecular flexibility index (Phi) is 7.95. The first-order valence-corrected chi connectivity index (χ1v) is 8.50. The van der Waals surface area contributed by atoms with Gasteiger partial charge in [-0.2, -0.15) is 0 Å². The summed E-state index contributed by atoms with van der Waals surface area (Å²) in [6.45, 7) is 13.1. The molecule has 0 radical (unpaired) electrons. The summed E-state index contributed by atoms with van der Waals surface area (Å²) < 4.78 is 0. The van der Waals surface area contributed by atoms with Gasteiger partial charge in [0.1, 0.15) is 0 Å². The van der Waals surface area contributed by atoms with Crippen molar-refractivity contribution in [2.75, 3.05) is 0 Å². The van der Waals surface area contributed by atoms with E-state index >= 15 is 0 Å². The zero-order chi connectivity index (χ0) is 15.0. The van der Waals surface area contributed by atoms with Crippen molar-refractivity contribution < 1.29 is 0 Å². The van der Waals surface area contributed by atoms with Crippen molar-refractivity contribution in [1.82, 2.24) is 0 Å². The molecule has 0 aromatic carbocycles. The van der Waals surface area contributed by atoms with E-state index in [9.17, 15) is 0 Å². The van der Waals surface area contributed by atoms with Crippen LogP contribution in [0.2, 0.25) is 0 Å². The molecule has 0 fully saturated rings. The first kappa shape index (κ1) is 17.3. The van der Waals surface area contributed by atoms with Gasteiger partial charge in [0.2, 0.25) is 0 Å². The molecule has 0 saturated heterocycles. The number of hydrogen-bond acceptors (Lipinski definition) is 0. The Hall–Kier alpha value is -0.780. The third-order valence-electron chi connectivity index (χ3n) is 4.44. The topological polar surface area (TPSA) is 0 Å². The number of allylic oxidation sites excluding steroid dienone is 5. The molecule has 0 aromatic rings. The minimum Gasteiger partial charge on any atom is -0.100 e.